The van der Waals surface area contributed by atoms with Gasteiger partial charge in [0.05, 0.1) is 11.3 Å². The predicted molar refractivity (Wildman–Crippen MR) is 125 cm³/mol. The fourth-order valence-corrected chi connectivity index (χ4v) is 2.82. The lowest BCUT2D eigenvalue weighted by Crippen LogP contribution is -2.36. The second-order valence-corrected chi connectivity index (χ2v) is 7.33. The first-order chi connectivity index (χ1) is 17.2. The number of ether oxygens (including phenoxy) is 2. The first-order valence-electron chi connectivity index (χ1n) is 10.6. The number of oxime groups is 2. The van der Waals surface area contributed by atoms with Gasteiger partial charge in [-0.1, -0.05) is 40.6 Å². The second-order valence-electron chi connectivity index (χ2n) is 7.33. The summed E-state index contributed by atoms with van der Waals surface area (Å²) >= 11 is 0. The Balaban J connectivity index is 1.46. The van der Waals surface area contributed by atoms with Crippen LogP contribution in [0.2, 0.25) is 0 Å². The number of nitrogens with one attached hydrogen (secondary N) is 1. The number of carbonyl (C=O) groups excluding carboxylic acids is 1. The molecule has 0 atom stereocenters. The van der Waals surface area contributed by atoms with Gasteiger partial charge in [0.15, 0.2) is 5.84 Å². The molecule has 3 rings (SSSR count). The lowest BCUT2D eigenvalue weighted by Gasteiger charge is -2.10. The van der Waals surface area contributed by atoms with E-state index in [4.69, 9.17) is 19.5 Å². The minimum atomic E-state index is -4.39. The van der Waals surface area contributed by atoms with Crippen LogP contribution in [0.5, 0.6) is 11.5 Å². The monoisotopic (exact) mass is 501 g/mol. The molecule has 36 heavy (non-hydrogen) atoms. The molecule has 1 amide bonds. The van der Waals surface area contributed by atoms with Crippen LogP contribution in [0.4, 0.5) is 18.0 Å². The van der Waals surface area contributed by atoms with Crippen molar-refractivity contribution < 1.29 is 37.5 Å². The number of rotatable bonds is 8. The Labute approximate surface area is 204 Å². The first-order valence-corrected chi connectivity index (χ1v) is 10.6. The van der Waals surface area contributed by atoms with Crippen molar-refractivity contribution in [2.24, 2.45) is 10.3 Å². The minimum absolute atomic E-state index is 0.0135. The molecular formula is C25H22F3N3O5. The minimum Gasteiger partial charge on any atom is -0.486 e. The van der Waals surface area contributed by atoms with E-state index >= 15 is 0 Å². The van der Waals surface area contributed by atoms with E-state index in [1.54, 1.807) is 61.5 Å². The van der Waals surface area contributed by atoms with Crippen LogP contribution < -0.4 is 14.8 Å². The SMILES string of the molecule is CC(=NOCc1ccc(C(F)(F)F)cc1)c1ccc(OCC(=NO)NC(=O)Oc2ccccc2)cc1. The fraction of sp³-hybridized carbons (Fsp3) is 0.160. The number of alkyl halides is 3. The van der Waals surface area contributed by atoms with E-state index in [-0.39, 0.29) is 19.0 Å². The average molecular weight is 501 g/mol. The number of para-hydroxylation sites is 1. The van der Waals surface area contributed by atoms with Gasteiger partial charge >= 0.3 is 12.3 Å². The van der Waals surface area contributed by atoms with Crippen LogP contribution in [0, 0.1) is 0 Å². The van der Waals surface area contributed by atoms with Gasteiger partial charge in [-0.2, -0.15) is 13.2 Å². The number of halogens is 3. The first kappa shape index (κ1) is 26.1. The van der Waals surface area contributed by atoms with Gasteiger partial charge in [0.2, 0.25) is 0 Å². The van der Waals surface area contributed by atoms with E-state index < -0.39 is 17.8 Å². The van der Waals surface area contributed by atoms with Crippen molar-refractivity contribution in [3.05, 3.63) is 95.6 Å². The number of carbonyl (C=O) groups is 1. The molecule has 2 N–H and O–H groups in total. The molecule has 0 heterocycles. The summed E-state index contributed by atoms with van der Waals surface area (Å²) in [4.78, 5) is 17.1. The van der Waals surface area contributed by atoms with Gasteiger partial charge in [-0.15, -0.1) is 0 Å². The fourth-order valence-electron chi connectivity index (χ4n) is 2.82. The zero-order chi connectivity index (χ0) is 26.0. The van der Waals surface area contributed by atoms with Crippen LogP contribution in [-0.4, -0.2) is 29.5 Å². The van der Waals surface area contributed by atoms with Gasteiger partial charge in [-0.25, -0.2) is 4.79 Å². The summed E-state index contributed by atoms with van der Waals surface area (Å²) in [6, 6.07) is 19.7. The summed E-state index contributed by atoms with van der Waals surface area (Å²) in [7, 11) is 0. The topological polar surface area (TPSA) is 102 Å². The highest BCUT2D eigenvalue weighted by atomic mass is 19.4. The number of amidine groups is 1. The Morgan fingerprint density at radius 2 is 1.61 bits per heavy atom. The van der Waals surface area contributed by atoms with Crippen molar-refractivity contribution >= 4 is 17.6 Å². The smallest absolute Gasteiger partial charge is 0.418 e. The van der Waals surface area contributed by atoms with Gasteiger partial charge in [-0.3, -0.25) is 5.32 Å². The van der Waals surface area contributed by atoms with Crippen LogP contribution >= 0.6 is 0 Å². The molecule has 0 spiro atoms. The number of amides is 1. The molecule has 3 aromatic rings. The quantitative estimate of drug-likeness (QED) is 0.181. The molecular weight excluding hydrogens is 479 g/mol. The number of benzene rings is 3. The van der Waals surface area contributed by atoms with Gasteiger partial charge in [0.25, 0.3) is 0 Å². The van der Waals surface area contributed by atoms with Crippen molar-refractivity contribution in [3.8, 4) is 11.5 Å². The Bertz CT molecular complexity index is 1200. The van der Waals surface area contributed by atoms with Crippen molar-refractivity contribution in [1.29, 1.82) is 0 Å². The Hall–Kier alpha value is -4.54. The molecule has 0 saturated carbocycles. The van der Waals surface area contributed by atoms with Crippen LogP contribution in [0.3, 0.4) is 0 Å². The number of nitrogens with zero attached hydrogens (tertiary/aromatic N) is 2. The number of hydrogen-bond donors (Lipinski definition) is 2. The lowest BCUT2D eigenvalue weighted by atomic mass is 10.1. The molecule has 0 aliphatic rings. The summed E-state index contributed by atoms with van der Waals surface area (Å²) in [5, 5.41) is 18.4. The van der Waals surface area contributed by atoms with Gasteiger partial charge in [0.1, 0.15) is 24.7 Å². The molecule has 3 aromatic carbocycles. The van der Waals surface area contributed by atoms with Gasteiger partial charge in [-0.05, 0) is 66.6 Å². The lowest BCUT2D eigenvalue weighted by molar-refractivity contribution is -0.137. The Morgan fingerprint density at radius 3 is 2.22 bits per heavy atom. The molecule has 0 aliphatic carbocycles. The predicted octanol–water partition coefficient (Wildman–Crippen LogP) is 5.60. The van der Waals surface area contributed by atoms with E-state index in [1.807, 2.05) is 0 Å². The summed E-state index contributed by atoms with van der Waals surface area (Å²) in [6.07, 6.45) is -5.22. The van der Waals surface area contributed by atoms with E-state index in [0.717, 1.165) is 17.7 Å². The van der Waals surface area contributed by atoms with E-state index in [0.29, 0.717) is 22.8 Å². The third-order valence-corrected chi connectivity index (χ3v) is 4.68. The van der Waals surface area contributed by atoms with Crippen LogP contribution in [-0.2, 0) is 17.6 Å². The normalized spacial score (nSPS) is 12.1. The Morgan fingerprint density at radius 1 is 0.944 bits per heavy atom. The van der Waals surface area contributed by atoms with E-state index in [2.05, 4.69) is 15.6 Å². The highest BCUT2D eigenvalue weighted by molar-refractivity contribution is 5.98. The highest BCUT2D eigenvalue weighted by Crippen LogP contribution is 2.29. The van der Waals surface area contributed by atoms with Crippen molar-refractivity contribution in [2.75, 3.05) is 6.61 Å². The standard InChI is InChI=1S/C25H22F3N3O5/c1-17(31-35-15-18-7-11-20(12-8-18)25(26,27)28)19-9-13-21(14-10-19)34-16-23(30-33)29-24(32)36-22-5-3-2-4-6-22/h2-14,33H,15-16H2,1H3,(H,29,30,32). The summed E-state index contributed by atoms with van der Waals surface area (Å²) in [5.74, 6) is 0.593. The molecule has 0 radical (unpaired) electrons. The van der Waals surface area contributed by atoms with Crippen LogP contribution in [0.15, 0.2) is 89.2 Å². The van der Waals surface area contributed by atoms with Crippen LogP contribution in [0.25, 0.3) is 0 Å². The summed E-state index contributed by atoms with van der Waals surface area (Å²) < 4.78 is 48.4. The maximum Gasteiger partial charge on any atom is 0.418 e. The molecule has 0 bridgehead atoms. The average Bonchev–Trinajstić information content (AvgIpc) is 2.87. The molecule has 0 unspecified atom stereocenters. The maximum absolute atomic E-state index is 12.6. The number of hydrogen-bond acceptors (Lipinski definition) is 7. The highest BCUT2D eigenvalue weighted by Gasteiger charge is 2.29. The van der Waals surface area contributed by atoms with Crippen LogP contribution in [0.1, 0.15) is 23.6 Å². The zero-order valence-corrected chi connectivity index (χ0v) is 19.0. The van der Waals surface area contributed by atoms with Crippen molar-refractivity contribution in [3.63, 3.8) is 0 Å². The molecule has 0 fully saturated rings. The van der Waals surface area contributed by atoms with E-state index in [1.165, 1.54) is 12.1 Å². The summed E-state index contributed by atoms with van der Waals surface area (Å²) in [6.45, 7) is 1.49. The molecule has 0 aliphatic heterocycles. The third-order valence-electron chi connectivity index (χ3n) is 4.68. The van der Waals surface area contributed by atoms with E-state index in [9.17, 15) is 18.0 Å². The molecule has 11 heteroatoms. The Kier molecular flexibility index (Phi) is 8.87. The van der Waals surface area contributed by atoms with Crippen molar-refractivity contribution in [2.45, 2.75) is 19.7 Å². The molecule has 188 valence electrons. The van der Waals surface area contributed by atoms with Crippen molar-refractivity contribution in [1.82, 2.24) is 5.32 Å². The molecule has 0 saturated heterocycles. The van der Waals surface area contributed by atoms with Gasteiger partial charge < -0.3 is 19.5 Å². The molecule has 8 nitrogen and oxygen atoms in total. The largest absolute Gasteiger partial charge is 0.486 e. The summed E-state index contributed by atoms with van der Waals surface area (Å²) in [5.41, 5.74) is 1.08. The van der Waals surface area contributed by atoms with Gasteiger partial charge in [0, 0.05) is 0 Å². The second kappa shape index (κ2) is 12.2. The maximum atomic E-state index is 12.6. The molecule has 0 aromatic heterocycles. The zero-order valence-electron chi connectivity index (χ0n) is 19.0. The third kappa shape index (κ3) is 8.05.